The van der Waals surface area contributed by atoms with Gasteiger partial charge in [0.05, 0.1) is 24.7 Å². The van der Waals surface area contributed by atoms with Crippen molar-refractivity contribution in [1.29, 1.82) is 5.41 Å². The van der Waals surface area contributed by atoms with Gasteiger partial charge in [0.25, 0.3) is 0 Å². The van der Waals surface area contributed by atoms with Gasteiger partial charge in [-0.1, -0.05) is 44.7 Å². The van der Waals surface area contributed by atoms with E-state index in [2.05, 4.69) is 11.7 Å². The molecule has 0 atom stereocenters. The molecule has 7 nitrogen and oxygen atoms in total. The summed E-state index contributed by atoms with van der Waals surface area (Å²) >= 11 is 0. The minimum atomic E-state index is -0.466. The molecule has 0 unspecified atom stereocenters. The van der Waals surface area contributed by atoms with E-state index in [9.17, 15) is 9.59 Å². The summed E-state index contributed by atoms with van der Waals surface area (Å²) < 4.78 is 13.6. The van der Waals surface area contributed by atoms with Crippen molar-refractivity contribution in [2.75, 3.05) is 13.7 Å². The molecule has 0 bridgehead atoms. The maximum atomic E-state index is 12.9. The second-order valence-electron chi connectivity index (χ2n) is 7.78. The molecule has 0 radical (unpaired) electrons. The minimum Gasteiger partial charge on any atom is -0.482 e. The van der Waals surface area contributed by atoms with Crippen molar-refractivity contribution >= 4 is 22.8 Å². The Hall–Kier alpha value is -3.35. The third-order valence-corrected chi connectivity index (χ3v) is 5.52. The topological polar surface area (TPSA) is 86.3 Å². The van der Waals surface area contributed by atoms with Gasteiger partial charge in [-0.05, 0) is 42.8 Å². The van der Waals surface area contributed by atoms with Gasteiger partial charge in [-0.3, -0.25) is 10.2 Å². The van der Waals surface area contributed by atoms with E-state index in [4.69, 9.17) is 10.1 Å². The van der Waals surface area contributed by atoms with Crippen LogP contribution < -0.4 is 10.4 Å². The number of Topliss-reactive ketones (excluding diaryl/α,β-unsaturated/α-hetero) is 1. The second-order valence-corrected chi connectivity index (χ2v) is 7.78. The third-order valence-electron chi connectivity index (χ3n) is 5.52. The average Bonchev–Trinajstić information content (AvgIpc) is 3.08. The number of rotatable bonds is 12. The lowest BCUT2D eigenvalue weighted by atomic mass is 10.1. The Kier molecular flexibility index (Phi) is 8.25. The molecule has 0 saturated carbocycles. The number of ether oxygens (including phenoxy) is 2. The molecule has 7 heteroatoms. The number of methoxy groups -OCH3 is 1. The predicted octanol–water partition coefficient (Wildman–Crippen LogP) is 4.33. The molecule has 2 aromatic carbocycles. The van der Waals surface area contributed by atoms with E-state index in [0.717, 1.165) is 30.4 Å². The summed E-state index contributed by atoms with van der Waals surface area (Å²) in [6, 6.07) is 14.5. The molecule has 0 saturated heterocycles. The quantitative estimate of drug-likeness (QED) is 0.260. The number of esters is 1. The van der Waals surface area contributed by atoms with Crippen LogP contribution >= 0.6 is 0 Å². The predicted molar refractivity (Wildman–Crippen MR) is 123 cm³/mol. The van der Waals surface area contributed by atoms with Crippen molar-refractivity contribution < 1.29 is 19.1 Å². The smallest absolute Gasteiger partial charge is 0.343 e. The van der Waals surface area contributed by atoms with Crippen LogP contribution in [0.15, 0.2) is 48.5 Å². The summed E-state index contributed by atoms with van der Waals surface area (Å²) in [4.78, 5) is 24.1. The van der Waals surface area contributed by atoms with E-state index in [1.165, 1.54) is 26.4 Å². The number of nitrogens with zero attached hydrogens (tertiary/aromatic N) is 2. The van der Waals surface area contributed by atoms with Crippen LogP contribution in [0.1, 0.15) is 49.4 Å². The maximum Gasteiger partial charge on any atom is 0.343 e. The number of carbonyl (C=O) groups excluding carboxylic acids is 2. The number of fused-ring (bicyclic) bond motifs is 1. The van der Waals surface area contributed by atoms with Crippen LogP contribution in [0.4, 0.5) is 0 Å². The largest absolute Gasteiger partial charge is 0.482 e. The zero-order chi connectivity index (χ0) is 22.9. The zero-order valence-electron chi connectivity index (χ0n) is 18.8. The first-order valence-electron chi connectivity index (χ1n) is 11.1. The Morgan fingerprint density at radius 3 is 2.22 bits per heavy atom. The molecule has 0 aliphatic rings. The molecule has 3 rings (SSSR count). The zero-order valence-corrected chi connectivity index (χ0v) is 18.8. The molecule has 32 heavy (non-hydrogen) atoms. The molecule has 0 spiro atoms. The van der Waals surface area contributed by atoms with Gasteiger partial charge in [0.1, 0.15) is 5.75 Å². The van der Waals surface area contributed by atoms with Crippen molar-refractivity contribution in [3.05, 3.63) is 59.7 Å². The van der Waals surface area contributed by atoms with Crippen LogP contribution in [0.5, 0.6) is 5.75 Å². The molecule has 1 N–H and O–H groups in total. The van der Waals surface area contributed by atoms with Gasteiger partial charge in [-0.15, -0.1) is 0 Å². The van der Waals surface area contributed by atoms with Crippen molar-refractivity contribution in [3.8, 4) is 5.75 Å². The summed E-state index contributed by atoms with van der Waals surface area (Å²) in [5.41, 5.74) is 2.73. The number of nitrogens with one attached hydrogen (secondary N) is 1. The van der Waals surface area contributed by atoms with Crippen molar-refractivity contribution in [1.82, 2.24) is 9.13 Å². The highest BCUT2D eigenvalue weighted by molar-refractivity contribution is 5.96. The molecule has 0 fully saturated rings. The summed E-state index contributed by atoms with van der Waals surface area (Å²) in [6.07, 6.45) is 5.81. The number of imidazole rings is 1. The Bertz CT molecular complexity index is 1110. The Morgan fingerprint density at radius 2 is 1.56 bits per heavy atom. The number of unbranched alkanes of at least 4 members (excludes halogenated alkanes) is 4. The first-order valence-corrected chi connectivity index (χ1v) is 11.1. The lowest BCUT2D eigenvalue weighted by molar-refractivity contribution is -0.142. The van der Waals surface area contributed by atoms with Gasteiger partial charge in [-0.25, -0.2) is 4.79 Å². The Morgan fingerprint density at radius 1 is 0.906 bits per heavy atom. The van der Waals surface area contributed by atoms with Crippen LogP contribution in [0, 0.1) is 5.41 Å². The molecule has 0 aliphatic heterocycles. The molecule has 0 amide bonds. The fourth-order valence-corrected chi connectivity index (χ4v) is 3.73. The number of benzene rings is 2. The summed E-state index contributed by atoms with van der Waals surface area (Å²) in [7, 11) is 1.30. The van der Waals surface area contributed by atoms with E-state index in [0.29, 0.717) is 16.9 Å². The van der Waals surface area contributed by atoms with Crippen LogP contribution in [0.3, 0.4) is 0 Å². The molecular formula is C25H31N3O4. The molecule has 0 aliphatic carbocycles. The van der Waals surface area contributed by atoms with Gasteiger partial charge < -0.3 is 18.6 Å². The van der Waals surface area contributed by atoms with Crippen LogP contribution in [-0.2, 0) is 22.6 Å². The van der Waals surface area contributed by atoms with E-state index >= 15 is 0 Å². The molecule has 1 aromatic heterocycles. The van der Waals surface area contributed by atoms with Gasteiger partial charge in [-0.2, -0.15) is 0 Å². The SMILES string of the molecule is CCCCCCCn1c(=N)n(CC(=O)c2ccc(OCC(=O)OC)cc2)c2ccccc21. The standard InChI is InChI=1S/C25H31N3O4/c1-3-4-5-6-9-16-27-21-10-7-8-11-22(21)28(25(27)26)17-23(29)19-12-14-20(15-13-19)32-18-24(30)31-2/h7-8,10-15,26H,3-6,9,16-18H2,1-2H3. The lowest BCUT2D eigenvalue weighted by Crippen LogP contribution is -2.27. The number of hydrogen-bond acceptors (Lipinski definition) is 5. The van der Waals surface area contributed by atoms with Crippen LogP contribution in [0.25, 0.3) is 11.0 Å². The number of para-hydroxylation sites is 2. The fourth-order valence-electron chi connectivity index (χ4n) is 3.73. The summed E-state index contributed by atoms with van der Waals surface area (Å²) in [5, 5.41) is 8.70. The Balaban J connectivity index is 1.74. The van der Waals surface area contributed by atoms with Crippen LogP contribution in [-0.4, -0.2) is 34.6 Å². The molecule has 170 valence electrons. The highest BCUT2D eigenvalue weighted by atomic mass is 16.6. The third kappa shape index (κ3) is 5.66. The lowest BCUT2D eigenvalue weighted by Gasteiger charge is -2.07. The molecule has 1 heterocycles. The average molecular weight is 438 g/mol. The highest BCUT2D eigenvalue weighted by Crippen LogP contribution is 2.17. The van der Waals surface area contributed by atoms with Gasteiger partial charge in [0.2, 0.25) is 5.62 Å². The van der Waals surface area contributed by atoms with Gasteiger partial charge in [0, 0.05) is 12.1 Å². The summed E-state index contributed by atoms with van der Waals surface area (Å²) in [6.45, 7) is 2.88. The normalized spacial score (nSPS) is 10.9. The number of aromatic nitrogens is 2. The maximum absolute atomic E-state index is 12.9. The fraction of sp³-hybridized carbons (Fsp3) is 0.400. The van der Waals surface area contributed by atoms with Crippen molar-refractivity contribution in [3.63, 3.8) is 0 Å². The molecule has 3 aromatic rings. The van der Waals surface area contributed by atoms with E-state index in [1.807, 2.05) is 28.8 Å². The van der Waals surface area contributed by atoms with Crippen molar-refractivity contribution in [2.45, 2.75) is 52.1 Å². The minimum absolute atomic E-state index is 0.0878. The number of carbonyl (C=O) groups is 2. The number of ketones is 1. The van der Waals surface area contributed by atoms with Crippen LogP contribution in [0.2, 0.25) is 0 Å². The number of hydrogen-bond donors (Lipinski definition) is 1. The first-order chi connectivity index (χ1) is 15.5. The summed E-state index contributed by atoms with van der Waals surface area (Å²) in [5.74, 6) is -0.0689. The highest BCUT2D eigenvalue weighted by Gasteiger charge is 2.14. The Labute approximate surface area is 188 Å². The van der Waals surface area contributed by atoms with Crippen molar-refractivity contribution in [2.24, 2.45) is 0 Å². The van der Waals surface area contributed by atoms with Gasteiger partial charge in [0.15, 0.2) is 12.4 Å². The monoisotopic (exact) mass is 437 g/mol. The molecular weight excluding hydrogens is 406 g/mol. The van der Waals surface area contributed by atoms with Gasteiger partial charge >= 0.3 is 5.97 Å². The van der Waals surface area contributed by atoms with E-state index in [1.54, 1.807) is 28.8 Å². The number of aryl methyl sites for hydroxylation is 1. The van der Waals surface area contributed by atoms with E-state index < -0.39 is 5.97 Å². The first kappa shape index (κ1) is 23.3. The van der Waals surface area contributed by atoms with E-state index in [-0.39, 0.29) is 18.9 Å². The second kappa shape index (κ2) is 11.3.